The van der Waals surface area contributed by atoms with E-state index in [-0.39, 0.29) is 17.6 Å². The summed E-state index contributed by atoms with van der Waals surface area (Å²) in [5.74, 6) is -0.0601. The Hall–Kier alpha value is -2.34. The number of aromatic amines is 1. The Morgan fingerprint density at radius 1 is 1.30 bits per heavy atom. The number of aliphatic hydroxyl groups is 1. The molecule has 2 aromatic rings. The van der Waals surface area contributed by atoms with E-state index in [9.17, 15) is 14.7 Å². The lowest BCUT2D eigenvalue weighted by Crippen LogP contribution is -2.41. The van der Waals surface area contributed by atoms with Crippen molar-refractivity contribution in [2.75, 3.05) is 13.1 Å². The van der Waals surface area contributed by atoms with Crippen molar-refractivity contribution in [3.63, 3.8) is 0 Å². The minimum absolute atomic E-state index is 0.0401. The molecule has 1 aliphatic heterocycles. The first-order valence-electron chi connectivity index (χ1n) is 7.83. The van der Waals surface area contributed by atoms with E-state index in [4.69, 9.17) is 4.52 Å². The lowest BCUT2D eigenvalue weighted by Gasteiger charge is -2.33. The Morgan fingerprint density at radius 3 is 2.61 bits per heavy atom. The molecule has 1 atom stereocenters. The smallest absolute Gasteiger partial charge is 0.292 e. The summed E-state index contributed by atoms with van der Waals surface area (Å²) in [6.07, 6.45) is 1.72. The largest absolute Gasteiger partial charge is 0.392 e. The highest BCUT2D eigenvalue weighted by atomic mass is 16.5. The maximum Gasteiger partial charge on any atom is 0.292 e. The predicted octanol–water partition coefficient (Wildman–Crippen LogP) is 1.42. The number of aliphatic hydroxyl groups excluding tert-OH is 1. The molecular weight excluding hydrogens is 296 g/mol. The van der Waals surface area contributed by atoms with Gasteiger partial charge < -0.3 is 14.5 Å². The molecule has 1 aromatic heterocycles. The number of hydrogen-bond acceptors (Lipinski definition) is 4. The summed E-state index contributed by atoms with van der Waals surface area (Å²) in [7, 11) is 0. The van der Waals surface area contributed by atoms with Crippen molar-refractivity contribution in [1.82, 2.24) is 10.1 Å². The molecule has 1 amide bonds. The molecule has 122 valence electrons. The van der Waals surface area contributed by atoms with E-state index in [0.29, 0.717) is 19.5 Å². The molecule has 0 saturated carbocycles. The van der Waals surface area contributed by atoms with Gasteiger partial charge in [0.1, 0.15) is 0 Å². The van der Waals surface area contributed by atoms with Gasteiger partial charge >= 0.3 is 0 Å². The van der Waals surface area contributed by atoms with Crippen LogP contribution in [0.3, 0.4) is 0 Å². The number of nitrogens with zero attached hydrogens (tertiary/aromatic N) is 1. The molecule has 0 radical (unpaired) electrons. The molecule has 1 fully saturated rings. The number of piperidine rings is 1. The molecule has 6 heteroatoms. The quantitative estimate of drug-likeness (QED) is 0.893. The molecule has 23 heavy (non-hydrogen) atoms. The molecule has 1 saturated heterocycles. The number of aromatic nitrogens is 1. The van der Waals surface area contributed by atoms with Gasteiger partial charge in [-0.1, -0.05) is 30.3 Å². The fourth-order valence-electron chi connectivity index (χ4n) is 3.05. The van der Waals surface area contributed by atoms with Gasteiger partial charge in [-0.05, 0) is 30.7 Å². The standard InChI is InChI=1S/C17H20N2O4/c20-14(10-12-4-2-1-3-5-12)13-6-8-19(9-7-13)17(22)15-11-16(21)18-23-15/h1-5,11,13-14,20H,6-10H2,(H,18,21). The number of carbonyl (C=O) groups excluding carboxylic acids is 1. The lowest BCUT2D eigenvalue weighted by molar-refractivity contribution is 0.0442. The topological polar surface area (TPSA) is 86.5 Å². The monoisotopic (exact) mass is 316 g/mol. The second kappa shape index (κ2) is 6.83. The van der Waals surface area contributed by atoms with Crippen LogP contribution in [0.25, 0.3) is 0 Å². The van der Waals surface area contributed by atoms with Crippen molar-refractivity contribution >= 4 is 5.91 Å². The Morgan fingerprint density at radius 2 is 2.00 bits per heavy atom. The van der Waals surface area contributed by atoms with Crippen LogP contribution in [0.2, 0.25) is 0 Å². The third-order valence-corrected chi connectivity index (χ3v) is 4.39. The van der Waals surface area contributed by atoms with E-state index in [2.05, 4.69) is 5.16 Å². The van der Waals surface area contributed by atoms with E-state index >= 15 is 0 Å². The van der Waals surface area contributed by atoms with Gasteiger partial charge in [-0.2, -0.15) is 5.16 Å². The minimum Gasteiger partial charge on any atom is -0.392 e. The van der Waals surface area contributed by atoms with Crippen LogP contribution in [0.15, 0.2) is 45.7 Å². The van der Waals surface area contributed by atoms with E-state index in [1.165, 1.54) is 6.07 Å². The maximum absolute atomic E-state index is 12.2. The van der Waals surface area contributed by atoms with Crippen molar-refractivity contribution in [1.29, 1.82) is 0 Å². The highest BCUT2D eigenvalue weighted by Gasteiger charge is 2.29. The SMILES string of the molecule is O=C(c1cc(=O)[nH]o1)N1CCC(C(O)Cc2ccccc2)CC1. The molecule has 1 aliphatic rings. The van der Waals surface area contributed by atoms with Gasteiger partial charge in [0, 0.05) is 13.1 Å². The molecule has 3 rings (SSSR count). The van der Waals surface area contributed by atoms with Crippen molar-refractivity contribution in [3.8, 4) is 0 Å². The molecule has 0 aliphatic carbocycles. The lowest BCUT2D eigenvalue weighted by atomic mass is 9.88. The zero-order valence-electron chi connectivity index (χ0n) is 12.8. The van der Waals surface area contributed by atoms with Crippen molar-refractivity contribution in [2.45, 2.75) is 25.4 Å². The number of nitrogens with one attached hydrogen (secondary N) is 1. The first-order chi connectivity index (χ1) is 11.1. The molecule has 2 N–H and O–H groups in total. The second-order valence-electron chi connectivity index (χ2n) is 5.96. The normalized spacial score (nSPS) is 17.2. The Balaban J connectivity index is 1.53. The summed E-state index contributed by atoms with van der Waals surface area (Å²) >= 11 is 0. The molecule has 6 nitrogen and oxygen atoms in total. The summed E-state index contributed by atoms with van der Waals surface area (Å²) in [5, 5.41) is 12.5. The minimum atomic E-state index is -0.415. The zero-order valence-corrected chi connectivity index (χ0v) is 12.8. The molecule has 1 unspecified atom stereocenters. The maximum atomic E-state index is 12.2. The van der Waals surface area contributed by atoms with Crippen molar-refractivity contribution < 1.29 is 14.4 Å². The highest BCUT2D eigenvalue weighted by molar-refractivity contribution is 5.91. The summed E-state index contributed by atoms with van der Waals surface area (Å²) in [6.45, 7) is 1.12. The Bertz CT molecular complexity index is 699. The average Bonchev–Trinajstić information content (AvgIpc) is 3.02. The number of amides is 1. The van der Waals surface area contributed by atoms with Crippen LogP contribution < -0.4 is 5.56 Å². The average molecular weight is 316 g/mol. The second-order valence-corrected chi connectivity index (χ2v) is 5.96. The highest BCUT2D eigenvalue weighted by Crippen LogP contribution is 2.24. The van der Waals surface area contributed by atoms with Gasteiger partial charge in [-0.3, -0.25) is 9.59 Å². The van der Waals surface area contributed by atoms with Crippen LogP contribution >= 0.6 is 0 Å². The molecular formula is C17H20N2O4. The number of rotatable bonds is 4. The number of H-pyrrole nitrogens is 1. The number of benzene rings is 1. The van der Waals surface area contributed by atoms with E-state index in [0.717, 1.165) is 18.4 Å². The van der Waals surface area contributed by atoms with Crippen molar-refractivity contribution in [2.24, 2.45) is 5.92 Å². The first-order valence-corrected chi connectivity index (χ1v) is 7.83. The van der Waals surface area contributed by atoms with Crippen molar-refractivity contribution in [3.05, 3.63) is 58.1 Å². The third-order valence-electron chi connectivity index (χ3n) is 4.39. The fraction of sp³-hybridized carbons (Fsp3) is 0.412. The molecule has 1 aromatic carbocycles. The van der Waals surface area contributed by atoms with Gasteiger partial charge in [0.05, 0.1) is 12.2 Å². The number of hydrogen-bond donors (Lipinski definition) is 2. The third kappa shape index (κ3) is 3.71. The summed E-state index contributed by atoms with van der Waals surface area (Å²) in [6, 6.07) is 11.1. The Labute approximate surface area is 133 Å². The van der Waals surface area contributed by atoms with Gasteiger partial charge in [0.25, 0.3) is 11.5 Å². The van der Waals surface area contributed by atoms with Crippen LogP contribution in [-0.2, 0) is 6.42 Å². The van der Waals surface area contributed by atoms with E-state index in [1.54, 1.807) is 4.90 Å². The Kier molecular flexibility index (Phi) is 4.62. The van der Waals surface area contributed by atoms with Gasteiger partial charge in [0.2, 0.25) is 5.76 Å². The van der Waals surface area contributed by atoms with Crippen LogP contribution in [0.4, 0.5) is 0 Å². The summed E-state index contributed by atoms with van der Waals surface area (Å²) < 4.78 is 4.85. The van der Waals surface area contributed by atoms with Crippen LogP contribution in [0.1, 0.15) is 29.0 Å². The molecule has 0 spiro atoms. The zero-order chi connectivity index (χ0) is 16.2. The number of likely N-dealkylation sites (tertiary alicyclic amines) is 1. The van der Waals surface area contributed by atoms with E-state index < -0.39 is 11.7 Å². The molecule has 0 bridgehead atoms. The number of carbonyl (C=O) groups is 1. The van der Waals surface area contributed by atoms with E-state index in [1.807, 2.05) is 30.3 Å². The summed E-state index contributed by atoms with van der Waals surface area (Å²) in [4.78, 5) is 24.9. The fourth-order valence-corrected chi connectivity index (χ4v) is 3.05. The first kappa shape index (κ1) is 15.6. The molecule has 2 heterocycles. The van der Waals surface area contributed by atoms with Gasteiger partial charge in [-0.15, -0.1) is 0 Å². The summed E-state index contributed by atoms with van der Waals surface area (Å²) in [5.41, 5.74) is 0.703. The van der Waals surface area contributed by atoms with Crippen LogP contribution in [-0.4, -0.2) is 40.3 Å². The van der Waals surface area contributed by atoms with Crippen LogP contribution in [0.5, 0.6) is 0 Å². The predicted molar refractivity (Wildman–Crippen MR) is 84.1 cm³/mol. The van der Waals surface area contributed by atoms with Gasteiger partial charge in [0.15, 0.2) is 0 Å². The van der Waals surface area contributed by atoms with Gasteiger partial charge in [-0.25, -0.2) is 0 Å². The van der Waals surface area contributed by atoms with Crippen LogP contribution in [0, 0.1) is 5.92 Å².